The highest BCUT2D eigenvalue weighted by atomic mass is 79.9. The Labute approximate surface area is 155 Å². The Morgan fingerprint density at radius 3 is 2.12 bits per heavy atom. The van der Waals surface area contributed by atoms with Gasteiger partial charge in [0.2, 0.25) is 0 Å². The molecule has 2 fully saturated rings. The second-order valence-corrected chi connectivity index (χ2v) is 8.61. The predicted octanol–water partition coefficient (Wildman–Crippen LogP) is 5.79. The van der Waals surface area contributed by atoms with Crippen LogP contribution in [-0.4, -0.2) is 22.9 Å². The fourth-order valence-corrected chi connectivity index (χ4v) is 5.20. The molecule has 0 heterocycles. The minimum absolute atomic E-state index is 0.259. The number of rotatable bonds is 4. The van der Waals surface area contributed by atoms with Crippen molar-refractivity contribution in [3.63, 3.8) is 0 Å². The van der Waals surface area contributed by atoms with E-state index in [2.05, 4.69) is 46.8 Å². The molecule has 3 rings (SSSR count). The molecule has 2 nitrogen and oxygen atoms in total. The molecule has 3 heteroatoms. The quantitative estimate of drug-likeness (QED) is 0.594. The van der Waals surface area contributed by atoms with Crippen molar-refractivity contribution in [1.29, 1.82) is 0 Å². The molecule has 2 aliphatic rings. The van der Waals surface area contributed by atoms with E-state index in [1.807, 2.05) is 12.1 Å². The average Bonchev–Trinajstić information content (AvgIpc) is 3.08. The first-order valence-electron chi connectivity index (χ1n) is 9.56. The maximum absolute atomic E-state index is 13.4. The van der Waals surface area contributed by atoms with E-state index >= 15 is 0 Å². The van der Waals surface area contributed by atoms with Gasteiger partial charge in [-0.1, -0.05) is 54.8 Å². The number of alkyl halides is 1. The number of nitrogens with zero attached hydrogens (tertiary/aromatic N) is 1. The molecule has 2 atom stereocenters. The Hall–Kier alpha value is -0.830. The van der Waals surface area contributed by atoms with Gasteiger partial charge in [0.25, 0.3) is 5.91 Å². The van der Waals surface area contributed by atoms with Gasteiger partial charge in [-0.15, -0.1) is 0 Å². The zero-order valence-corrected chi connectivity index (χ0v) is 16.6. The molecule has 1 amide bonds. The van der Waals surface area contributed by atoms with Crippen LogP contribution in [-0.2, 0) is 5.33 Å². The summed E-state index contributed by atoms with van der Waals surface area (Å²) >= 11 is 3.48. The highest BCUT2D eigenvalue weighted by Crippen LogP contribution is 2.36. The van der Waals surface area contributed by atoms with Crippen LogP contribution in [0.25, 0.3) is 0 Å². The lowest BCUT2D eigenvalue weighted by atomic mass is 9.79. The fraction of sp³-hybridized carbons (Fsp3) is 0.667. The van der Waals surface area contributed by atoms with Crippen molar-refractivity contribution >= 4 is 21.8 Å². The lowest BCUT2D eigenvalue weighted by molar-refractivity contribution is 0.0429. The fourth-order valence-electron chi connectivity index (χ4n) is 4.83. The summed E-state index contributed by atoms with van der Waals surface area (Å²) in [4.78, 5) is 15.7. The summed E-state index contributed by atoms with van der Waals surface area (Å²) in [6.45, 7) is 4.70. The van der Waals surface area contributed by atoms with Crippen LogP contribution in [0.2, 0.25) is 0 Å². The Bertz CT molecular complexity index is 539. The van der Waals surface area contributed by atoms with Crippen LogP contribution in [0.15, 0.2) is 24.3 Å². The third-order valence-corrected chi connectivity index (χ3v) is 6.50. The van der Waals surface area contributed by atoms with Gasteiger partial charge in [-0.3, -0.25) is 4.79 Å². The minimum Gasteiger partial charge on any atom is -0.333 e. The second kappa shape index (κ2) is 8.03. The van der Waals surface area contributed by atoms with Crippen LogP contribution in [0.4, 0.5) is 0 Å². The number of amides is 1. The first-order valence-corrected chi connectivity index (χ1v) is 10.7. The van der Waals surface area contributed by atoms with Gasteiger partial charge >= 0.3 is 0 Å². The van der Waals surface area contributed by atoms with Crippen molar-refractivity contribution in [2.75, 3.05) is 0 Å². The van der Waals surface area contributed by atoms with E-state index in [4.69, 9.17) is 0 Å². The lowest BCUT2D eigenvalue weighted by Gasteiger charge is -2.42. The van der Waals surface area contributed by atoms with Gasteiger partial charge in [-0.2, -0.15) is 0 Å². The molecular formula is C21H30BrNO. The third-order valence-electron chi connectivity index (χ3n) is 5.85. The molecule has 0 N–H and O–H groups in total. The number of carbonyl (C=O) groups excluding carboxylic acids is 1. The van der Waals surface area contributed by atoms with E-state index in [9.17, 15) is 4.79 Å². The molecule has 1 aromatic rings. The lowest BCUT2D eigenvalue weighted by Crippen LogP contribution is -2.49. The topological polar surface area (TPSA) is 20.3 Å². The number of hydrogen-bond acceptors (Lipinski definition) is 1. The monoisotopic (exact) mass is 391 g/mol. The molecule has 24 heavy (non-hydrogen) atoms. The summed E-state index contributed by atoms with van der Waals surface area (Å²) in [5, 5.41) is 0.839. The van der Waals surface area contributed by atoms with Crippen molar-refractivity contribution in [3.8, 4) is 0 Å². The first-order chi connectivity index (χ1) is 11.6. The number of hydrogen-bond donors (Lipinski definition) is 0. The summed E-state index contributed by atoms with van der Waals surface area (Å²) in [6, 6.07) is 9.04. The highest BCUT2D eigenvalue weighted by molar-refractivity contribution is 9.08. The maximum atomic E-state index is 13.4. The molecule has 0 radical (unpaired) electrons. The van der Waals surface area contributed by atoms with E-state index < -0.39 is 0 Å². The summed E-state index contributed by atoms with van der Waals surface area (Å²) in [7, 11) is 0. The summed E-state index contributed by atoms with van der Waals surface area (Å²) < 4.78 is 0. The van der Waals surface area contributed by atoms with Gasteiger partial charge in [0.05, 0.1) is 0 Å². The van der Waals surface area contributed by atoms with Crippen LogP contribution in [0.1, 0.15) is 74.7 Å². The molecule has 0 aliphatic heterocycles. The molecule has 0 bridgehead atoms. The molecule has 1 aromatic carbocycles. The van der Waals surface area contributed by atoms with Crippen LogP contribution in [0, 0.1) is 11.8 Å². The van der Waals surface area contributed by atoms with E-state index in [-0.39, 0.29) is 5.91 Å². The average molecular weight is 392 g/mol. The summed E-state index contributed by atoms with van der Waals surface area (Å²) in [5.74, 6) is 1.71. The van der Waals surface area contributed by atoms with Gasteiger partial charge in [0.15, 0.2) is 0 Å². The maximum Gasteiger partial charge on any atom is 0.254 e. The zero-order valence-electron chi connectivity index (χ0n) is 15.0. The van der Waals surface area contributed by atoms with Crippen molar-refractivity contribution in [2.24, 2.45) is 11.8 Å². The Morgan fingerprint density at radius 2 is 1.58 bits per heavy atom. The summed E-state index contributed by atoms with van der Waals surface area (Å²) in [5.41, 5.74) is 2.08. The molecule has 2 saturated carbocycles. The van der Waals surface area contributed by atoms with E-state index in [1.54, 1.807) is 0 Å². The minimum atomic E-state index is 0.259. The molecular weight excluding hydrogens is 362 g/mol. The van der Waals surface area contributed by atoms with E-state index in [1.165, 1.54) is 50.5 Å². The standard InChI is InChI=1S/C21H30BrNO/c1-15-11-16(2)13-20(12-15)23(19-5-3-4-6-19)21(24)18-9-7-17(14-22)8-10-18/h7-10,15-16,19-20H,3-6,11-14H2,1-2H3. The smallest absolute Gasteiger partial charge is 0.254 e. The van der Waals surface area contributed by atoms with E-state index in [0.717, 1.165) is 22.7 Å². The molecule has 0 saturated heterocycles. The molecule has 0 spiro atoms. The number of benzene rings is 1. The van der Waals surface area contributed by atoms with Crippen LogP contribution in [0.5, 0.6) is 0 Å². The highest BCUT2D eigenvalue weighted by Gasteiger charge is 2.36. The van der Waals surface area contributed by atoms with Crippen LogP contribution < -0.4 is 0 Å². The normalized spacial score (nSPS) is 28.0. The number of carbonyl (C=O) groups is 1. The first kappa shape index (κ1) is 18.0. The second-order valence-electron chi connectivity index (χ2n) is 8.05. The van der Waals surface area contributed by atoms with Gasteiger partial charge < -0.3 is 4.90 Å². The van der Waals surface area contributed by atoms with Gasteiger partial charge in [0.1, 0.15) is 0 Å². The Kier molecular flexibility index (Phi) is 6.02. The van der Waals surface area contributed by atoms with Crippen molar-refractivity contribution in [3.05, 3.63) is 35.4 Å². The van der Waals surface area contributed by atoms with E-state index in [0.29, 0.717) is 12.1 Å². The summed E-state index contributed by atoms with van der Waals surface area (Å²) in [6.07, 6.45) is 8.57. The third kappa shape index (κ3) is 4.04. The predicted molar refractivity (Wildman–Crippen MR) is 103 cm³/mol. The molecule has 0 aromatic heterocycles. The van der Waals surface area contributed by atoms with Crippen molar-refractivity contribution < 1.29 is 4.79 Å². The number of halogens is 1. The van der Waals surface area contributed by atoms with Gasteiger partial charge in [-0.05, 0) is 61.6 Å². The van der Waals surface area contributed by atoms with Gasteiger partial charge in [0, 0.05) is 23.0 Å². The van der Waals surface area contributed by atoms with Crippen LogP contribution >= 0.6 is 15.9 Å². The molecule has 2 aliphatic carbocycles. The van der Waals surface area contributed by atoms with Crippen LogP contribution in [0.3, 0.4) is 0 Å². The van der Waals surface area contributed by atoms with Crippen molar-refractivity contribution in [1.82, 2.24) is 4.90 Å². The van der Waals surface area contributed by atoms with Crippen molar-refractivity contribution in [2.45, 2.75) is 76.2 Å². The molecule has 2 unspecified atom stereocenters. The molecule has 132 valence electrons. The van der Waals surface area contributed by atoms with Gasteiger partial charge in [-0.25, -0.2) is 0 Å². The largest absolute Gasteiger partial charge is 0.333 e. The Balaban J connectivity index is 1.84. The Morgan fingerprint density at radius 1 is 1.00 bits per heavy atom. The zero-order chi connectivity index (χ0) is 17.1. The SMILES string of the molecule is CC1CC(C)CC(N(C(=O)c2ccc(CBr)cc2)C2CCCC2)C1.